The smallest absolute Gasteiger partial charge is 0.0517 e. The Bertz CT molecular complexity index is 464. The summed E-state index contributed by atoms with van der Waals surface area (Å²) in [6.07, 6.45) is 0. The van der Waals surface area contributed by atoms with Crippen LogP contribution in [0.3, 0.4) is 0 Å². The Morgan fingerprint density at radius 2 is 1.28 bits per heavy atom. The third-order valence-corrected chi connectivity index (χ3v) is 3.75. The number of benzene rings is 2. The van der Waals surface area contributed by atoms with Crippen LogP contribution in [0.5, 0.6) is 0 Å². The summed E-state index contributed by atoms with van der Waals surface area (Å²) in [6, 6.07) is 21.1. The summed E-state index contributed by atoms with van der Waals surface area (Å²) in [6.45, 7) is 1.75. The highest BCUT2D eigenvalue weighted by molar-refractivity contribution is 5.38. The van der Waals surface area contributed by atoms with Gasteiger partial charge in [0.15, 0.2) is 0 Å². The third kappa shape index (κ3) is 1.94. The average molecular weight is 238 g/mol. The molecule has 3 N–H and O–H groups in total. The summed E-state index contributed by atoms with van der Waals surface area (Å²) < 4.78 is 0. The Kier molecular flexibility index (Phi) is 2.90. The average Bonchev–Trinajstić information content (AvgIpc) is 2.40. The van der Waals surface area contributed by atoms with Crippen molar-refractivity contribution in [2.24, 2.45) is 5.73 Å². The summed E-state index contributed by atoms with van der Waals surface area (Å²) >= 11 is 0. The molecule has 2 nitrogen and oxygen atoms in total. The predicted octanol–water partition coefficient (Wildman–Crippen LogP) is 2.12. The number of hydrogen-bond acceptors (Lipinski definition) is 2. The maximum atomic E-state index is 6.55. The first-order valence-corrected chi connectivity index (χ1v) is 6.39. The molecule has 0 amide bonds. The van der Waals surface area contributed by atoms with E-state index in [0.29, 0.717) is 0 Å². The minimum absolute atomic E-state index is 0.164. The van der Waals surface area contributed by atoms with Gasteiger partial charge in [-0.05, 0) is 11.1 Å². The van der Waals surface area contributed by atoms with Crippen molar-refractivity contribution in [2.45, 2.75) is 11.5 Å². The van der Waals surface area contributed by atoms with Crippen LogP contribution in [0.1, 0.15) is 17.0 Å². The normalized spacial score (nSPS) is 17.4. The van der Waals surface area contributed by atoms with Gasteiger partial charge in [-0.15, -0.1) is 0 Å². The summed E-state index contributed by atoms with van der Waals surface area (Å²) in [7, 11) is 0. The molecule has 2 aromatic carbocycles. The van der Waals surface area contributed by atoms with Gasteiger partial charge in [0.2, 0.25) is 0 Å². The molecule has 92 valence electrons. The molecule has 18 heavy (non-hydrogen) atoms. The van der Waals surface area contributed by atoms with Gasteiger partial charge in [0.25, 0.3) is 0 Å². The lowest BCUT2D eigenvalue weighted by Gasteiger charge is -2.45. The zero-order valence-electron chi connectivity index (χ0n) is 10.3. The van der Waals surface area contributed by atoms with E-state index in [4.69, 9.17) is 5.73 Å². The van der Waals surface area contributed by atoms with Crippen molar-refractivity contribution in [1.29, 1.82) is 0 Å². The van der Waals surface area contributed by atoms with E-state index in [9.17, 15) is 0 Å². The van der Waals surface area contributed by atoms with E-state index in [2.05, 4.69) is 53.8 Å². The molecule has 0 bridgehead atoms. The zero-order chi connectivity index (χ0) is 12.4. The molecule has 0 radical (unpaired) electrons. The van der Waals surface area contributed by atoms with Gasteiger partial charge in [-0.25, -0.2) is 0 Å². The lowest BCUT2D eigenvalue weighted by Crippen LogP contribution is -2.68. The molecule has 1 aliphatic rings. The second kappa shape index (κ2) is 4.56. The maximum absolute atomic E-state index is 6.55. The quantitative estimate of drug-likeness (QED) is 0.859. The zero-order valence-corrected chi connectivity index (χ0v) is 10.3. The second-order valence-corrected chi connectivity index (χ2v) is 5.09. The van der Waals surface area contributed by atoms with Gasteiger partial charge in [0.1, 0.15) is 0 Å². The molecule has 0 aliphatic carbocycles. The van der Waals surface area contributed by atoms with Crippen molar-refractivity contribution in [1.82, 2.24) is 5.32 Å². The third-order valence-electron chi connectivity index (χ3n) is 3.75. The van der Waals surface area contributed by atoms with Gasteiger partial charge in [0.05, 0.1) is 5.54 Å². The summed E-state index contributed by atoms with van der Waals surface area (Å²) in [5.41, 5.74) is 8.98. The number of nitrogens with two attached hydrogens (primary N) is 1. The monoisotopic (exact) mass is 238 g/mol. The van der Waals surface area contributed by atoms with E-state index in [-0.39, 0.29) is 11.5 Å². The summed E-state index contributed by atoms with van der Waals surface area (Å²) in [5, 5.41) is 3.30. The van der Waals surface area contributed by atoms with Gasteiger partial charge in [-0.3, -0.25) is 0 Å². The van der Waals surface area contributed by atoms with Crippen molar-refractivity contribution in [3.05, 3.63) is 71.8 Å². The Labute approximate surface area is 108 Å². The van der Waals surface area contributed by atoms with E-state index in [1.807, 2.05) is 12.1 Å². The summed E-state index contributed by atoms with van der Waals surface area (Å²) in [5.74, 6) is 0.265. The molecule has 0 unspecified atom stereocenters. The van der Waals surface area contributed by atoms with E-state index in [0.717, 1.165) is 13.1 Å². The molecule has 2 heteroatoms. The Morgan fingerprint density at radius 1 is 0.833 bits per heavy atom. The van der Waals surface area contributed by atoms with Crippen LogP contribution in [0.15, 0.2) is 60.7 Å². The molecule has 0 atom stereocenters. The van der Waals surface area contributed by atoms with Crippen molar-refractivity contribution in [3.63, 3.8) is 0 Å². The summed E-state index contributed by atoms with van der Waals surface area (Å²) in [4.78, 5) is 0. The molecule has 0 aromatic heterocycles. The van der Waals surface area contributed by atoms with E-state index < -0.39 is 0 Å². The molecule has 1 aliphatic heterocycles. The van der Waals surface area contributed by atoms with Crippen LogP contribution >= 0.6 is 0 Å². The second-order valence-electron chi connectivity index (χ2n) is 5.09. The fraction of sp³-hybridized carbons (Fsp3) is 0.250. The van der Waals surface area contributed by atoms with Gasteiger partial charge >= 0.3 is 0 Å². The standard InChI is InChI=1S/C16H18N2/c17-16(11-18-12-16)15(13-7-3-1-4-8-13)14-9-5-2-6-10-14/h1-10,15,18H,11-12,17H2. The molecular formula is C16H18N2. The van der Waals surface area contributed by atoms with E-state index in [1.54, 1.807) is 0 Å². The lowest BCUT2D eigenvalue weighted by atomic mass is 9.72. The van der Waals surface area contributed by atoms with E-state index >= 15 is 0 Å². The van der Waals surface area contributed by atoms with Crippen LogP contribution in [0, 0.1) is 0 Å². The van der Waals surface area contributed by atoms with Gasteiger partial charge in [-0.1, -0.05) is 60.7 Å². The van der Waals surface area contributed by atoms with Crippen LogP contribution in [0.4, 0.5) is 0 Å². The Balaban J connectivity index is 2.05. The first-order valence-electron chi connectivity index (χ1n) is 6.39. The first kappa shape index (κ1) is 11.5. The molecule has 1 heterocycles. The number of hydrogen-bond donors (Lipinski definition) is 2. The highest BCUT2D eigenvalue weighted by Gasteiger charge is 2.41. The maximum Gasteiger partial charge on any atom is 0.0517 e. The molecule has 0 saturated carbocycles. The van der Waals surface area contributed by atoms with Crippen LogP contribution in [0.2, 0.25) is 0 Å². The highest BCUT2D eigenvalue weighted by Crippen LogP contribution is 2.35. The fourth-order valence-corrected chi connectivity index (χ4v) is 2.77. The lowest BCUT2D eigenvalue weighted by molar-refractivity contribution is 0.251. The van der Waals surface area contributed by atoms with Crippen molar-refractivity contribution >= 4 is 0 Å². The van der Waals surface area contributed by atoms with Crippen LogP contribution in [-0.4, -0.2) is 18.6 Å². The largest absolute Gasteiger partial charge is 0.322 e. The van der Waals surface area contributed by atoms with Crippen LogP contribution in [-0.2, 0) is 0 Å². The Morgan fingerprint density at radius 3 is 1.61 bits per heavy atom. The fourth-order valence-electron chi connectivity index (χ4n) is 2.77. The Hall–Kier alpha value is -1.64. The SMILES string of the molecule is NC1(C(c2ccccc2)c2ccccc2)CNC1. The van der Waals surface area contributed by atoms with Gasteiger partial charge in [0, 0.05) is 19.0 Å². The van der Waals surface area contributed by atoms with Crippen LogP contribution < -0.4 is 11.1 Å². The highest BCUT2D eigenvalue weighted by atomic mass is 15.1. The van der Waals surface area contributed by atoms with Crippen molar-refractivity contribution < 1.29 is 0 Å². The molecule has 0 spiro atoms. The minimum Gasteiger partial charge on any atom is -0.322 e. The van der Waals surface area contributed by atoms with Gasteiger partial charge < -0.3 is 11.1 Å². The van der Waals surface area contributed by atoms with Crippen molar-refractivity contribution in [2.75, 3.05) is 13.1 Å². The topological polar surface area (TPSA) is 38.0 Å². The molecule has 1 fully saturated rings. The number of rotatable bonds is 3. The molecule has 3 rings (SSSR count). The van der Waals surface area contributed by atoms with E-state index in [1.165, 1.54) is 11.1 Å². The minimum atomic E-state index is -0.164. The molecular weight excluding hydrogens is 220 g/mol. The first-order chi connectivity index (χ1) is 8.80. The number of nitrogens with one attached hydrogen (secondary N) is 1. The van der Waals surface area contributed by atoms with Crippen LogP contribution in [0.25, 0.3) is 0 Å². The van der Waals surface area contributed by atoms with Gasteiger partial charge in [-0.2, -0.15) is 0 Å². The predicted molar refractivity (Wildman–Crippen MR) is 74.5 cm³/mol. The van der Waals surface area contributed by atoms with Crippen molar-refractivity contribution in [3.8, 4) is 0 Å². The molecule has 2 aromatic rings. The molecule has 1 saturated heterocycles.